The van der Waals surface area contributed by atoms with Gasteiger partial charge in [-0.1, -0.05) is 18.2 Å². The Morgan fingerprint density at radius 3 is 2.54 bits per heavy atom. The molecule has 1 aliphatic heterocycles. The molecule has 184 valence electrons. The summed E-state index contributed by atoms with van der Waals surface area (Å²) >= 11 is 0. The van der Waals surface area contributed by atoms with Gasteiger partial charge in [0.2, 0.25) is 6.79 Å². The summed E-state index contributed by atoms with van der Waals surface area (Å²) in [5, 5.41) is 5.66. The summed E-state index contributed by atoms with van der Waals surface area (Å²) in [5.74, 6) is 3.28. The maximum atomic E-state index is 12.9. The van der Waals surface area contributed by atoms with Gasteiger partial charge in [0.25, 0.3) is 5.91 Å². The number of carbonyl (C=O) groups is 1. The molecule has 5 aromatic rings. The molecule has 0 unspecified atom stereocenters. The Kier molecular flexibility index (Phi) is 5.61. The summed E-state index contributed by atoms with van der Waals surface area (Å²) < 4.78 is 27.9. The number of carbonyl (C=O) groups excluding carboxylic acids is 1. The fourth-order valence-electron chi connectivity index (χ4n) is 4.34. The molecular formula is C29H22N2O6. The van der Waals surface area contributed by atoms with Crippen molar-refractivity contribution in [3.8, 4) is 34.5 Å². The van der Waals surface area contributed by atoms with Gasteiger partial charge < -0.3 is 29.0 Å². The number of benzene rings is 4. The molecule has 1 aliphatic rings. The Morgan fingerprint density at radius 1 is 0.865 bits per heavy atom. The number of nitrogens with zero attached hydrogens (tertiary/aromatic N) is 1. The van der Waals surface area contributed by atoms with E-state index in [9.17, 15) is 4.79 Å². The van der Waals surface area contributed by atoms with Crippen molar-refractivity contribution in [2.45, 2.75) is 0 Å². The molecule has 0 fully saturated rings. The topological polar surface area (TPSA) is 88.1 Å². The normalized spacial score (nSPS) is 11.9. The monoisotopic (exact) mass is 494 g/mol. The van der Waals surface area contributed by atoms with Gasteiger partial charge in [-0.3, -0.25) is 9.78 Å². The number of para-hydroxylation sites is 1. The Hall–Kier alpha value is -4.98. The van der Waals surface area contributed by atoms with Gasteiger partial charge in [-0.15, -0.1) is 0 Å². The maximum absolute atomic E-state index is 12.9. The van der Waals surface area contributed by atoms with E-state index in [1.54, 1.807) is 38.6 Å². The molecule has 6 rings (SSSR count). The SMILES string of the molecule is COc1cc2nccc(Oc3ccc4cc(NC(=O)c5cccc6c5OCO6)ccc4c3)c2cc1OC. The van der Waals surface area contributed by atoms with Crippen molar-refractivity contribution in [3.05, 3.63) is 84.6 Å². The van der Waals surface area contributed by atoms with Crippen LogP contribution in [-0.2, 0) is 0 Å². The van der Waals surface area contributed by atoms with Gasteiger partial charge in [0.1, 0.15) is 11.5 Å². The highest BCUT2D eigenvalue weighted by atomic mass is 16.7. The van der Waals surface area contributed by atoms with Crippen LogP contribution in [0.5, 0.6) is 34.5 Å². The second-order valence-electron chi connectivity index (χ2n) is 8.35. The van der Waals surface area contributed by atoms with E-state index in [4.69, 9.17) is 23.7 Å². The third kappa shape index (κ3) is 4.18. The van der Waals surface area contributed by atoms with E-state index in [0.717, 1.165) is 21.7 Å². The van der Waals surface area contributed by atoms with E-state index in [2.05, 4.69) is 10.3 Å². The minimum Gasteiger partial charge on any atom is -0.493 e. The first kappa shape index (κ1) is 22.5. The number of aromatic nitrogens is 1. The van der Waals surface area contributed by atoms with Gasteiger partial charge in [-0.25, -0.2) is 0 Å². The van der Waals surface area contributed by atoms with Crippen molar-refractivity contribution in [1.82, 2.24) is 4.98 Å². The van der Waals surface area contributed by atoms with Crippen LogP contribution in [0.2, 0.25) is 0 Å². The summed E-state index contributed by atoms with van der Waals surface area (Å²) in [6.45, 7) is 0.108. The molecular weight excluding hydrogens is 472 g/mol. The second-order valence-corrected chi connectivity index (χ2v) is 8.35. The fraction of sp³-hybridized carbons (Fsp3) is 0.103. The van der Waals surface area contributed by atoms with Crippen LogP contribution in [0, 0.1) is 0 Å². The Morgan fingerprint density at radius 2 is 1.68 bits per heavy atom. The van der Waals surface area contributed by atoms with E-state index in [-0.39, 0.29) is 12.7 Å². The van der Waals surface area contributed by atoms with Crippen LogP contribution in [0.25, 0.3) is 21.7 Å². The highest BCUT2D eigenvalue weighted by Crippen LogP contribution is 2.38. The first-order valence-corrected chi connectivity index (χ1v) is 11.6. The molecule has 0 spiro atoms. The molecule has 0 saturated carbocycles. The van der Waals surface area contributed by atoms with Crippen LogP contribution < -0.4 is 29.0 Å². The average Bonchev–Trinajstić information content (AvgIpc) is 3.41. The Bertz CT molecular complexity index is 1670. The highest BCUT2D eigenvalue weighted by molar-refractivity contribution is 6.07. The lowest BCUT2D eigenvalue weighted by atomic mass is 10.1. The zero-order chi connectivity index (χ0) is 25.4. The minimum atomic E-state index is -0.265. The van der Waals surface area contributed by atoms with E-state index >= 15 is 0 Å². The largest absolute Gasteiger partial charge is 0.493 e. The molecule has 0 saturated heterocycles. The number of fused-ring (bicyclic) bond motifs is 3. The minimum absolute atomic E-state index is 0.108. The summed E-state index contributed by atoms with van der Waals surface area (Å²) in [6, 6.07) is 22.2. The average molecular weight is 495 g/mol. The number of methoxy groups -OCH3 is 2. The first-order valence-electron chi connectivity index (χ1n) is 11.6. The van der Waals surface area contributed by atoms with Crippen LogP contribution in [0.1, 0.15) is 10.4 Å². The number of amides is 1. The number of nitrogens with one attached hydrogen (secondary N) is 1. The maximum Gasteiger partial charge on any atom is 0.259 e. The number of hydrogen-bond acceptors (Lipinski definition) is 7. The number of hydrogen-bond donors (Lipinski definition) is 1. The third-order valence-corrected chi connectivity index (χ3v) is 6.15. The quantitative estimate of drug-likeness (QED) is 0.302. The van der Waals surface area contributed by atoms with Crippen LogP contribution in [0.3, 0.4) is 0 Å². The summed E-state index contributed by atoms with van der Waals surface area (Å²) in [7, 11) is 3.18. The molecule has 1 amide bonds. The number of anilines is 1. The number of pyridine rings is 1. The van der Waals surface area contributed by atoms with Crippen molar-refractivity contribution in [3.63, 3.8) is 0 Å². The zero-order valence-electron chi connectivity index (χ0n) is 20.1. The fourth-order valence-corrected chi connectivity index (χ4v) is 4.34. The smallest absolute Gasteiger partial charge is 0.259 e. The molecule has 0 radical (unpaired) electrons. The van der Waals surface area contributed by atoms with Crippen molar-refractivity contribution in [2.24, 2.45) is 0 Å². The zero-order valence-corrected chi connectivity index (χ0v) is 20.1. The van der Waals surface area contributed by atoms with E-state index in [1.807, 2.05) is 54.6 Å². The third-order valence-electron chi connectivity index (χ3n) is 6.15. The molecule has 8 nitrogen and oxygen atoms in total. The van der Waals surface area contributed by atoms with E-state index in [1.165, 1.54) is 0 Å². The van der Waals surface area contributed by atoms with Crippen LogP contribution in [-0.4, -0.2) is 31.9 Å². The van der Waals surface area contributed by atoms with Crippen LogP contribution in [0.15, 0.2) is 79.0 Å². The van der Waals surface area contributed by atoms with Gasteiger partial charge in [0.05, 0.1) is 25.3 Å². The van der Waals surface area contributed by atoms with Crippen molar-refractivity contribution >= 4 is 33.3 Å². The highest BCUT2D eigenvalue weighted by Gasteiger charge is 2.22. The van der Waals surface area contributed by atoms with E-state index < -0.39 is 0 Å². The van der Waals surface area contributed by atoms with Crippen LogP contribution >= 0.6 is 0 Å². The lowest BCUT2D eigenvalue weighted by molar-refractivity contribution is 0.102. The lowest BCUT2D eigenvalue weighted by Crippen LogP contribution is -2.12. The summed E-state index contributed by atoms with van der Waals surface area (Å²) in [5.41, 5.74) is 1.83. The van der Waals surface area contributed by atoms with Crippen molar-refractivity contribution < 1.29 is 28.5 Å². The Balaban J connectivity index is 1.25. The molecule has 0 bridgehead atoms. The van der Waals surface area contributed by atoms with Crippen LogP contribution in [0.4, 0.5) is 5.69 Å². The predicted molar refractivity (Wildman–Crippen MR) is 139 cm³/mol. The van der Waals surface area contributed by atoms with Crippen molar-refractivity contribution in [2.75, 3.05) is 26.3 Å². The first-order chi connectivity index (χ1) is 18.1. The summed E-state index contributed by atoms with van der Waals surface area (Å²) in [4.78, 5) is 17.3. The molecule has 37 heavy (non-hydrogen) atoms. The number of rotatable bonds is 6. The predicted octanol–water partition coefficient (Wildman–Crippen LogP) is 6.18. The molecule has 2 heterocycles. The molecule has 4 aromatic carbocycles. The van der Waals surface area contributed by atoms with E-state index in [0.29, 0.717) is 45.7 Å². The van der Waals surface area contributed by atoms with Gasteiger partial charge in [0.15, 0.2) is 23.0 Å². The molecule has 8 heteroatoms. The van der Waals surface area contributed by atoms with Crippen molar-refractivity contribution in [1.29, 1.82) is 0 Å². The van der Waals surface area contributed by atoms with Gasteiger partial charge in [-0.2, -0.15) is 0 Å². The molecule has 0 atom stereocenters. The Labute approximate surface area is 212 Å². The second kappa shape index (κ2) is 9.23. The van der Waals surface area contributed by atoms with Gasteiger partial charge >= 0.3 is 0 Å². The lowest BCUT2D eigenvalue weighted by Gasteiger charge is -2.13. The van der Waals surface area contributed by atoms with Gasteiger partial charge in [-0.05, 0) is 59.3 Å². The molecule has 1 aromatic heterocycles. The summed E-state index contributed by atoms with van der Waals surface area (Å²) in [6.07, 6.45) is 1.69. The molecule has 1 N–H and O–H groups in total. The van der Waals surface area contributed by atoms with Gasteiger partial charge in [0, 0.05) is 23.3 Å². The standard InChI is InChI=1S/C29H22N2O6/c1-33-26-14-22-23(15-27(26)34-2)30-11-10-24(22)37-20-9-7-17-12-19(8-6-18(17)13-20)31-29(32)21-4-3-5-25-28(21)36-16-35-25/h3-15H,16H2,1-2H3,(H,31,32). The molecule has 0 aliphatic carbocycles. The number of ether oxygens (including phenoxy) is 5.